The van der Waals surface area contributed by atoms with Gasteiger partial charge in [0.05, 0.1) is 17.4 Å². The Morgan fingerprint density at radius 2 is 1.65 bits per heavy atom. The zero-order chi connectivity index (χ0) is 40.1. The molecule has 5 fully saturated rings. The van der Waals surface area contributed by atoms with Gasteiger partial charge in [-0.3, -0.25) is 19.2 Å². The van der Waals surface area contributed by atoms with E-state index in [1.54, 1.807) is 13.8 Å². The molecule has 0 radical (unpaired) electrons. The van der Waals surface area contributed by atoms with Gasteiger partial charge in [0.1, 0.15) is 6.10 Å². The first-order valence-corrected chi connectivity index (χ1v) is 21.5. The van der Waals surface area contributed by atoms with Crippen LogP contribution in [0.5, 0.6) is 0 Å². The minimum atomic E-state index is -1.17. The molecule has 7 rings (SSSR count). The molecular weight excluding hydrogens is 710 g/mol. The number of nitrogens with one attached hydrogen (secondary N) is 1. The molecule has 0 bridgehead atoms. The van der Waals surface area contributed by atoms with E-state index in [0.717, 1.165) is 75.3 Å². The highest BCUT2D eigenvalue weighted by Crippen LogP contribution is 2.73. The third kappa shape index (κ3) is 6.55. The van der Waals surface area contributed by atoms with Crippen LogP contribution in [0.4, 0.5) is 0 Å². The molecule has 1 amide bonds. The summed E-state index contributed by atoms with van der Waals surface area (Å²) >= 11 is 6.34. The Balaban J connectivity index is 1.14. The molecule has 2 N–H and O–H groups in total. The summed E-state index contributed by atoms with van der Waals surface area (Å²) in [5.74, 6) is 0.581. The number of rotatable bonds is 9. The summed E-state index contributed by atoms with van der Waals surface area (Å²) in [4.78, 5) is 52.9. The van der Waals surface area contributed by atoms with Crippen LogP contribution in [0, 0.1) is 56.7 Å². The number of amides is 1. The minimum Gasteiger partial charge on any atom is -0.481 e. The normalized spacial score (nSPS) is 36.3. The number of aliphatic carboxylic acids is 1. The standard InChI is InChI=1S/C47H64ClNO6/c1-27(2)38-33(50)25-46(24-28(3)40(52)49-47(21-22-47)29-11-10-12-30(48)23-29)20-15-32-31(39(38)46)13-14-35-44(32,8)18-16-34-43(6,7)36(17-19-45(34,35)9)55-37(51)26-42(4,5)41(53)54/h10-12,23-24,27,31-32,34-36H,13-22,25-26H2,1-9H3,(H,49,52)(H,53,54)/b28-24+. The van der Waals surface area contributed by atoms with Crippen molar-refractivity contribution in [2.75, 3.05) is 0 Å². The fourth-order valence-corrected chi connectivity index (χ4v) is 13.7. The Bertz CT molecular complexity index is 1850. The average molecular weight is 774 g/mol. The molecular formula is C47H64ClNO6. The van der Waals surface area contributed by atoms with Crippen molar-refractivity contribution in [3.8, 4) is 0 Å². The SMILES string of the molecule is C/C(=C\C12CCC3C(CCC4C3(C)CCC3C(C)(C)C(OC(=O)CC(C)(C)C(=O)O)CCC34C)C1=C(C(C)C)C(=O)C2)C(=O)NC1(c2cccc(Cl)c2)CC1. The van der Waals surface area contributed by atoms with E-state index in [9.17, 15) is 24.3 Å². The summed E-state index contributed by atoms with van der Waals surface area (Å²) in [5, 5.41) is 13.7. The van der Waals surface area contributed by atoms with Crippen molar-refractivity contribution in [3.63, 3.8) is 0 Å². The predicted octanol–water partition coefficient (Wildman–Crippen LogP) is 10.4. The van der Waals surface area contributed by atoms with Crippen LogP contribution in [0.15, 0.2) is 47.1 Å². The summed E-state index contributed by atoms with van der Waals surface area (Å²) < 4.78 is 6.16. The highest BCUT2D eigenvalue weighted by Gasteiger charge is 2.66. The van der Waals surface area contributed by atoms with Crippen LogP contribution >= 0.6 is 11.6 Å². The number of carboxylic acids is 1. The summed E-state index contributed by atoms with van der Waals surface area (Å²) in [6.07, 6.45) is 12.0. The second-order valence-corrected chi connectivity index (χ2v) is 21.2. The predicted molar refractivity (Wildman–Crippen MR) is 215 cm³/mol. The van der Waals surface area contributed by atoms with Crippen molar-refractivity contribution < 1.29 is 29.0 Å². The highest BCUT2D eigenvalue weighted by atomic mass is 35.5. The Morgan fingerprint density at radius 1 is 0.964 bits per heavy atom. The van der Waals surface area contributed by atoms with Gasteiger partial charge in [-0.05, 0) is 154 Å². The maximum atomic E-state index is 14.1. The number of benzene rings is 1. The number of Topliss-reactive ketones (excluding diaryl/α,β-unsaturated/α-hetero) is 1. The molecule has 55 heavy (non-hydrogen) atoms. The Labute approximate surface area is 333 Å². The van der Waals surface area contributed by atoms with Gasteiger partial charge in [-0.2, -0.15) is 0 Å². The Hall–Kier alpha value is -2.93. The molecule has 0 saturated heterocycles. The largest absolute Gasteiger partial charge is 0.481 e. The van der Waals surface area contributed by atoms with E-state index in [4.69, 9.17) is 16.3 Å². The van der Waals surface area contributed by atoms with E-state index < -0.39 is 22.8 Å². The molecule has 8 heteroatoms. The second kappa shape index (κ2) is 13.6. The quantitative estimate of drug-likeness (QED) is 0.191. The van der Waals surface area contributed by atoms with E-state index in [1.807, 2.05) is 31.2 Å². The number of fused-ring (bicyclic) bond motifs is 7. The van der Waals surface area contributed by atoms with E-state index in [-0.39, 0.29) is 51.9 Å². The molecule has 1 aromatic rings. The van der Waals surface area contributed by atoms with Crippen LogP contribution in [0.25, 0.3) is 0 Å². The van der Waals surface area contributed by atoms with Crippen LogP contribution in [-0.2, 0) is 29.5 Å². The van der Waals surface area contributed by atoms with E-state index >= 15 is 0 Å². The number of halogens is 1. The van der Waals surface area contributed by atoms with E-state index in [2.05, 4.69) is 52.9 Å². The van der Waals surface area contributed by atoms with Crippen molar-refractivity contribution in [2.45, 2.75) is 151 Å². The number of esters is 1. The fourth-order valence-electron chi connectivity index (χ4n) is 13.5. The maximum absolute atomic E-state index is 14.1. The zero-order valence-electron chi connectivity index (χ0n) is 34.7. The number of allylic oxidation sites excluding steroid dienone is 3. The molecule has 1 aromatic carbocycles. The molecule has 0 aromatic heterocycles. The number of carbonyl (C=O) groups excluding carboxylic acids is 3. The second-order valence-electron chi connectivity index (χ2n) is 20.8. The minimum absolute atomic E-state index is 0.0600. The molecule has 8 atom stereocenters. The summed E-state index contributed by atoms with van der Waals surface area (Å²) in [6, 6.07) is 7.80. The van der Waals surface area contributed by atoms with Gasteiger partial charge in [0.15, 0.2) is 5.78 Å². The third-order valence-corrected chi connectivity index (χ3v) is 16.6. The van der Waals surface area contributed by atoms with Crippen molar-refractivity contribution >= 4 is 35.2 Å². The maximum Gasteiger partial charge on any atom is 0.309 e. The lowest BCUT2D eigenvalue weighted by Gasteiger charge is -2.68. The molecule has 5 saturated carbocycles. The van der Waals surface area contributed by atoms with Gasteiger partial charge in [-0.15, -0.1) is 0 Å². The smallest absolute Gasteiger partial charge is 0.309 e. The lowest BCUT2D eigenvalue weighted by molar-refractivity contribution is -0.213. The zero-order valence-corrected chi connectivity index (χ0v) is 35.5. The Morgan fingerprint density at radius 3 is 2.29 bits per heavy atom. The third-order valence-electron chi connectivity index (χ3n) is 16.4. The molecule has 8 unspecified atom stereocenters. The van der Waals surface area contributed by atoms with Gasteiger partial charge >= 0.3 is 11.9 Å². The first-order chi connectivity index (χ1) is 25.6. The van der Waals surface area contributed by atoms with Gasteiger partial charge < -0.3 is 15.2 Å². The number of ether oxygens (including phenoxy) is 1. The van der Waals surface area contributed by atoms with Crippen molar-refractivity contribution in [2.24, 2.45) is 56.7 Å². The summed E-state index contributed by atoms with van der Waals surface area (Å²) in [7, 11) is 0. The molecule has 6 aliphatic carbocycles. The topological polar surface area (TPSA) is 110 Å². The van der Waals surface area contributed by atoms with Crippen molar-refractivity contribution in [3.05, 3.63) is 57.6 Å². The fraction of sp³-hybridized carbons (Fsp3) is 0.702. The van der Waals surface area contributed by atoms with Gasteiger partial charge in [0, 0.05) is 27.8 Å². The number of hydrogen-bond donors (Lipinski definition) is 2. The molecule has 7 nitrogen and oxygen atoms in total. The van der Waals surface area contributed by atoms with Crippen molar-refractivity contribution in [1.29, 1.82) is 0 Å². The van der Waals surface area contributed by atoms with E-state index in [1.165, 1.54) is 5.57 Å². The van der Waals surface area contributed by atoms with Crippen LogP contribution in [0.2, 0.25) is 5.02 Å². The lowest BCUT2D eigenvalue weighted by Crippen LogP contribution is -2.63. The average Bonchev–Trinajstić information content (AvgIpc) is 3.80. The highest BCUT2D eigenvalue weighted by molar-refractivity contribution is 6.30. The summed E-state index contributed by atoms with van der Waals surface area (Å²) in [5.41, 5.74) is 2.09. The van der Waals surface area contributed by atoms with Gasteiger partial charge in [0.2, 0.25) is 5.91 Å². The molecule has 6 aliphatic rings. The van der Waals surface area contributed by atoms with Crippen LogP contribution < -0.4 is 5.32 Å². The first-order valence-electron chi connectivity index (χ1n) is 21.1. The van der Waals surface area contributed by atoms with Crippen molar-refractivity contribution in [1.82, 2.24) is 5.32 Å². The molecule has 300 valence electrons. The number of carboxylic acid groups (broad SMARTS) is 1. The van der Waals surface area contributed by atoms with Gasteiger partial charge in [0.25, 0.3) is 0 Å². The summed E-state index contributed by atoms with van der Waals surface area (Å²) in [6.45, 7) is 19.0. The molecule has 0 heterocycles. The van der Waals surface area contributed by atoms with Crippen LogP contribution in [-0.4, -0.2) is 34.8 Å². The van der Waals surface area contributed by atoms with Crippen LogP contribution in [0.1, 0.15) is 145 Å². The monoisotopic (exact) mass is 773 g/mol. The first kappa shape index (κ1) is 40.3. The number of carbonyl (C=O) groups is 4. The number of ketones is 1. The van der Waals surface area contributed by atoms with Gasteiger partial charge in [-0.1, -0.05) is 71.4 Å². The Kier molecular flexibility index (Phi) is 9.95. The number of hydrogen-bond acceptors (Lipinski definition) is 5. The van der Waals surface area contributed by atoms with E-state index in [0.29, 0.717) is 40.7 Å². The van der Waals surface area contributed by atoms with Crippen LogP contribution in [0.3, 0.4) is 0 Å². The molecule has 0 aliphatic heterocycles. The molecule has 0 spiro atoms. The van der Waals surface area contributed by atoms with Gasteiger partial charge in [-0.25, -0.2) is 0 Å². The lowest BCUT2D eigenvalue weighted by atomic mass is 9.36.